The molecule has 36 heavy (non-hydrogen) atoms. The van der Waals surface area contributed by atoms with Crippen molar-refractivity contribution in [1.82, 2.24) is 19.5 Å². The van der Waals surface area contributed by atoms with E-state index in [0.29, 0.717) is 40.5 Å². The standard InChI is InChI=1S/C19H20ClFN6O.C6H9NO/c1-9(2)27-15-4-10(16-13(20)6-23-18(22)24-16)3-14(21)17(15)25-19(27)26-7-12-5-11(26)8-28-12;7-4-6-2-1-3-8-5-6/h3-4,6,9,11-12H,5,7-8H2,1-2H3,(H2,22,23,24);6H,1-3,5H2/t11-,12?;/m0./s1. The predicted molar refractivity (Wildman–Crippen MR) is 135 cm³/mol. The number of hydrogen-bond acceptors (Lipinski definition) is 8. The van der Waals surface area contributed by atoms with Crippen LogP contribution in [-0.2, 0) is 9.47 Å². The van der Waals surface area contributed by atoms with Gasteiger partial charge >= 0.3 is 0 Å². The van der Waals surface area contributed by atoms with Crippen LogP contribution < -0.4 is 10.6 Å². The number of anilines is 2. The van der Waals surface area contributed by atoms with Gasteiger partial charge in [0.15, 0.2) is 5.82 Å². The molecule has 3 aromatic rings. The van der Waals surface area contributed by atoms with E-state index >= 15 is 4.39 Å². The van der Waals surface area contributed by atoms with Gasteiger partial charge < -0.3 is 24.7 Å². The first-order valence-corrected chi connectivity index (χ1v) is 12.6. The average Bonchev–Trinajstić information content (AvgIpc) is 3.60. The van der Waals surface area contributed by atoms with Crippen molar-refractivity contribution in [2.24, 2.45) is 5.92 Å². The summed E-state index contributed by atoms with van der Waals surface area (Å²) >= 11 is 6.24. The van der Waals surface area contributed by atoms with Crippen LogP contribution in [0.25, 0.3) is 22.3 Å². The molecule has 3 saturated heterocycles. The number of benzene rings is 1. The van der Waals surface area contributed by atoms with E-state index in [1.807, 2.05) is 6.07 Å². The number of ether oxygens (including phenoxy) is 2. The fourth-order valence-electron chi connectivity index (χ4n) is 5.06. The molecule has 0 radical (unpaired) electrons. The molecule has 3 aliphatic rings. The summed E-state index contributed by atoms with van der Waals surface area (Å²) in [4.78, 5) is 15.0. The maximum Gasteiger partial charge on any atom is 0.220 e. The minimum atomic E-state index is -0.415. The zero-order chi connectivity index (χ0) is 25.4. The van der Waals surface area contributed by atoms with Gasteiger partial charge in [-0.3, -0.25) is 0 Å². The second kappa shape index (κ2) is 10.2. The molecule has 5 heterocycles. The van der Waals surface area contributed by atoms with Crippen molar-refractivity contribution in [3.8, 4) is 17.3 Å². The summed E-state index contributed by atoms with van der Waals surface area (Å²) in [5.41, 5.74) is 7.70. The van der Waals surface area contributed by atoms with Gasteiger partial charge in [0, 0.05) is 24.8 Å². The minimum Gasteiger partial charge on any atom is -0.380 e. The monoisotopic (exact) mass is 513 g/mol. The molecule has 2 bridgehead atoms. The summed E-state index contributed by atoms with van der Waals surface area (Å²) in [6, 6.07) is 5.83. The van der Waals surface area contributed by atoms with Crippen LogP contribution in [0.5, 0.6) is 0 Å². The van der Waals surface area contributed by atoms with E-state index in [2.05, 4.69) is 44.3 Å². The molecule has 0 amide bonds. The van der Waals surface area contributed by atoms with Crippen LogP contribution in [0.4, 0.5) is 16.3 Å². The lowest BCUT2D eigenvalue weighted by Gasteiger charge is -2.29. The Labute approximate surface area is 214 Å². The van der Waals surface area contributed by atoms with Gasteiger partial charge in [0.05, 0.1) is 59.8 Å². The Hall–Kier alpha value is -3.00. The van der Waals surface area contributed by atoms with Gasteiger partial charge in [0.1, 0.15) is 5.52 Å². The van der Waals surface area contributed by atoms with E-state index < -0.39 is 5.82 Å². The van der Waals surface area contributed by atoms with Gasteiger partial charge in [0.25, 0.3) is 0 Å². The topological polar surface area (TPSA) is 115 Å². The molecule has 190 valence electrons. The Morgan fingerprint density at radius 1 is 1.28 bits per heavy atom. The Bertz CT molecular complexity index is 1300. The van der Waals surface area contributed by atoms with Gasteiger partial charge in [0.2, 0.25) is 11.9 Å². The third-order valence-corrected chi connectivity index (χ3v) is 7.06. The first-order chi connectivity index (χ1) is 17.4. The maximum absolute atomic E-state index is 15.1. The highest BCUT2D eigenvalue weighted by Crippen LogP contribution is 2.38. The lowest BCUT2D eigenvalue weighted by molar-refractivity contribution is 0.0733. The normalized spacial score (nSPS) is 23.1. The second-order valence-corrected chi connectivity index (χ2v) is 10.1. The Morgan fingerprint density at radius 3 is 2.72 bits per heavy atom. The van der Waals surface area contributed by atoms with Crippen LogP contribution in [0, 0.1) is 23.1 Å². The van der Waals surface area contributed by atoms with E-state index in [4.69, 9.17) is 32.1 Å². The first kappa shape index (κ1) is 24.7. The third-order valence-electron chi connectivity index (χ3n) is 6.78. The predicted octanol–water partition coefficient (Wildman–Crippen LogP) is 4.36. The van der Waals surface area contributed by atoms with Crippen molar-refractivity contribution in [2.75, 3.05) is 37.0 Å². The molecule has 6 rings (SSSR count). The molecule has 0 aliphatic carbocycles. The molecule has 0 spiro atoms. The van der Waals surface area contributed by atoms with Crippen LogP contribution >= 0.6 is 11.6 Å². The molecule has 9 nitrogen and oxygen atoms in total. The summed E-state index contributed by atoms with van der Waals surface area (Å²) < 4.78 is 27.9. The largest absolute Gasteiger partial charge is 0.380 e. The van der Waals surface area contributed by atoms with Gasteiger partial charge in [-0.25, -0.2) is 19.3 Å². The quantitative estimate of drug-likeness (QED) is 0.549. The van der Waals surface area contributed by atoms with Crippen LogP contribution in [0.15, 0.2) is 18.3 Å². The summed E-state index contributed by atoms with van der Waals surface area (Å²) in [5.74, 6) is 0.627. The lowest BCUT2D eigenvalue weighted by atomic mass is 10.1. The van der Waals surface area contributed by atoms with Crippen molar-refractivity contribution in [3.63, 3.8) is 0 Å². The average molecular weight is 514 g/mol. The molecular formula is C25H29ClFN7O2. The molecule has 11 heteroatoms. The molecule has 1 aromatic carbocycles. The number of morpholine rings is 1. The number of hydrogen-bond donors (Lipinski definition) is 1. The van der Waals surface area contributed by atoms with Crippen molar-refractivity contribution in [2.45, 2.75) is 51.3 Å². The molecule has 2 unspecified atom stereocenters. The van der Waals surface area contributed by atoms with Crippen LogP contribution in [-0.4, -0.2) is 58.0 Å². The summed E-state index contributed by atoms with van der Waals surface area (Å²) in [5, 5.41) is 8.68. The zero-order valence-corrected chi connectivity index (χ0v) is 21.1. The number of nitrogens with zero attached hydrogens (tertiary/aromatic N) is 6. The van der Waals surface area contributed by atoms with Crippen molar-refractivity contribution < 1.29 is 13.9 Å². The first-order valence-electron chi connectivity index (χ1n) is 12.2. The van der Waals surface area contributed by atoms with E-state index in [-0.39, 0.29) is 30.1 Å². The fourth-order valence-corrected chi connectivity index (χ4v) is 5.26. The highest BCUT2D eigenvalue weighted by molar-refractivity contribution is 6.33. The number of aromatic nitrogens is 4. The summed E-state index contributed by atoms with van der Waals surface area (Å²) in [7, 11) is 0. The Balaban J connectivity index is 0.000000286. The van der Waals surface area contributed by atoms with E-state index in [1.165, 1.54) is 12.3 Å². The fraction of sp³-hybridized carbons (Fsp3) is 0.520. The smallest absolute Gasteiger partial charge is 0.220 e. The van der Waals surface area contributed by atoms with Gasteiger partial charge in [-0.15, -0.1) is 0 Å². The molecule has 2 aromatic heterocycles. The number of nitrogens with two attached hydrogens (primary N) is 1. The molecule has 3 fully saturated rings. The highest BCUT2D eigenvalue weighted by atomic mass is 35.5. The number of rotatable bonds is 3. The lowest BCUT2D eigenvalue weighted by Crippen LogP contribution is -2.38. The molecule has 2 N–H and O–H groups in total. The van der Waals surface area contributed by atoms with Gasteiger partial charge in [-0.2, -0.15) is 5.26 Å². The number of halogens is 2. The molecule has 3 aliphatic heterocycles. The summed E-state index contributed by atoms with van der Waals surface area (Å²) in [6.45, 7) is 7.10. The van der Waals surface area contributed by atoms with Crippen molar-refractivity contribution >= 4 is 34.5 Å². The van der Waals surface area contributed by atoms with Crippen LogP contribution in [0.1, 0.15) is 39.2 Å². The Morgan fingerprint density at radius 2 is 2.11 bits per heavy atom. The van der Waals surface area contributed by atoms with Gasteiger partial charge in [-0.1, -0.05) is 11.6 Å². The second-order valence-electron chi connectivity index (χ2n) is 9.67. The number of fused-ring (bicyclic) bond motifs is 3. The SMILES string of the molecule is CC(C)n1c(N2CC3C[C@H]2CO3)nc2c(F)cc(-c3nc(N)ncc3Cl)cc21.N#CC1CCCOC1. The molecular weight excluding hydrogens is 485 g/mol. The van der Waals surface area contributed by atoms with E-state index in [0.717, 1.165) is 38.4 Å². The highest BCUT2D eigenvalue weighted by Gasteiger charge is 2.41. The van der Waals surface area contributed by atoms with Crippen LogP contribution in [0.2, 0.25) is 5.02 Å². The zero-order valence-electron chi connectivity index (χ0n) is 20.3. The van der Waals surface area contributed by atoms with Gasteiger partial charge in [-0.05, 0) is 45.2 Å². The number of imidazole rings is 1. The maximum atomic E-state index is 15.1. The molecule has 3 atom stereocenters. The van der Waals surface area contributed by atoms with Crippen molar-refractivity contribution in [1.29, 1.82) is 5.26 Å². The van der Waals surface area contributed by atoms with Crippen LogP contribution in [0.3, 0.4) is 0 Å². The van der Waals surface area contributed by atoms with E-state index in [9.17, 15) is 0 Å². The van der Waals surface area contributed by atoms with E-state index in [1.54, 1.807) is 0 Å². The Kier molecular flexibility index (Phi) is 6.97. The minimum absolute atomic E-state index is 0.0889. The molecule has 0 saturated carbocycles. The van der Waals surface area contributed by atoms with Crippen molar-refractivity contribution in [3.05, 3.63) is 29.2 Å². The number of nitrogen functional groups attached to an aromatic ring is 1. The summed E-state index contributed by atoms with van der Waals surface area (Å²) in [6.07, 6.45) is 4.72. The third kappa shape index (κ3) is 4.71. The number of nitriles is 1.